The van der Waals surface area contributed by atoms with Crippen LogP contribution < -0.4 is 24.7 Å². The zero-order valence-corrected chi connectivity index (χ0v) is 21.2. The van der Waals surface area contributed by atoms with Crippen LogP contribution in [0.1, 0.15) is 42.9 Å². The third kappa shape index (κ3) is 6.22. The number of nitrogens with zero attached hydrogens (tertiary/aromatic N) is 1. The summed E-state index contributed by atoms with van der Waals surface area (Å²) in [5.74, 6) is 1.92. The molecule has 0 aromatic heterocycles. The van der Waals surface area contributed by atoms with Crippen molar-refractivity contribution >= 4 is 5.97 Å². The minimum atomic E-state index is -0.438. The molecule has 7 nitrogen and oxygen atoms in total. The molecule has 1 aliphatic heterocycles. The second-order valence-electron chi connectivity index (χ2n) is 9.23. The van der Waals surface area contributed by atoms with Crippen molar-refractivity contribution in [2.75, 3.05) is 13.7 Å². The molecule has 0 spiro atoms. The number of fused-ring (bicyclic) bond motifs is 1. The Labute approximate surface area is 217 Å². The van der Waals surface area contributed by atoms with Crippen LogP contribution in [-0.4, -0.2) is 19.7 Å². The fourth-order valence-electron chi connectivity index (χ4n) is 4.12. The Hall–Kier alpha value is -4.44. The lowest BCUT2D eigenvalue weighted by atomic mass is 9.83. The molecule has 7 heteroatoms. The summed E-state index contributed by atoms with van der Waals surface area (Å²) in [7, 11) is 1.59. The lowest BCUT2D eigenvalue weighted by molar-refractivity contribution is -0.133. The smallest absolute Gasteiger partial charge is 0.315 e. The normalized spacial score (nSPS) is 14.4. The van der Waals surface area contributed by atoms with E-state index in [1.165, 1.54) is 0 Å². The predicted molar refractivity (Wildman–Crippen MR) is 139 cm³/mol. The van der Waals surface area contributed by atoms with Crippen LogP contribution in [-0.2, 0) is 11.2 Å². The molecule has 0 aliphatic carbocycles. The second-order valence-corrected chi connectivity index (χ2v) is 9.23. The summed E-state index contributed by atoms with van der Waals surface area (Å²) in [6, 6.07) is 22.2. The Balaban J connectivity index is 1.55. The maximum atomic E-state index is 12.5. The molecule has 1 atom stereocenters. The summed E-state index contributed by atoms with van der Waals surface area (Å²) in [6.07, 6.45) is 1.05. The van der Waals surface area contributed by atoms with Crippen LogP contribution >= 0.6 is 0 Å². The summed E-state index contributed by atoms with van der Waals surface area (Å²) < 4.78 is 22.4. The molecular weight excluding hydrogens is 468 g/mol. The van der Waals surface area contributed by atoms with Crippen LogP contribution in [0.2, 0.25) is 0 Å². The summed E-state index contributed by atoms with van der Waals surface area (Å²) in [5.41, 5.74) is 8.88. The lowest BCUT2D eigenvalue weighted by Crippen LogP contribution is -2.21. The van der Waals surface area contributed by atoms with Gasteiger partial charge in [-0.05, 0) is 53.8 Å². The maximum absolute atomic E-state index is 12.5. The van der Waals surface area contributed by atoms with Crippen molar-refractivity contribution in [2.45, 2.75) is 32.6 Å². The fraction of sp³-hybridized carbons (Fsp3) is 0.267. The van der Waals surface area contributed by atoms with E-state index in [9.17, 15) is 10.1 Å². The van der Waals surface area contributed by atoms with Gasteiger partial charge in [0.05, 0.1) is 26.1 Å². The van der Waals surface area contributed by atoms with E-state index < -0.39 is 11.9 Å². The van der Waals surface area contributed by atoms with Crippen molar-refractivity contribution < 1.29 is 23.7 Å². The average Bonchev–Trinajstić information content (AvgIpc) is 2.88. The number of rotatable bonds is 9. The Kier molecular flexibility index (Phi) is 7.99. The van der Waals surface area contributed by atoms with Crippen LogP contribution in [0.5, 0.6) is 23.0 Å². The third-order valence-corrected chi connectivity index (χ3v) is 6.09. The molecular formula is C30H30N2O5. The Morgan fingerprint density at radius 2 is 1.81 bits per heavy atom. The summed E-state index contributed by atoms with van der Waals surface area (Å²) >= 11 is 0. The van der Waals surface area contributed by atoms with E-state index in [1.807, 2.05) is 36.4 Å². The highest BCUT2D eigenvalue weighted by molar-refractivity contribution is 5.75. The number of carbonyl (C=O) groups excluding carboxylic acids is 1. The third-order valence-electron chi connectivity index (χ3n) is 6.09. The SMILES string of the molecule is COc1ccc(CC(=O)Oc2ccc3c(c2)OC(N)=C(C#N)C3c2cccc(OCCC(C)C)c2)cc1. The summed E-state index contributed by atoms with van der Waals surface area (Å²) in [5, 5.41) is 9.86. The maximum Gasteiger partial charge on any atom is 0.315 e. The number of esters is 1. The molecule has 190 valence electrons. The molecule has 0 fully saturated rings. The highest BCUT2D eigenvalue weighted by Crippen LogP contribution is 2.44. The minimum absolute atomic E-state index is 0.0211. The number of benzene rings is 3. The molecule has 1 heterocycles. The predicted octanol–water partition coefficient (Wildman–Crippen LogP) is 5.49. The van der Waals surface area contributed by atoms with Gasteiger partial charge in [0.15, 0.2) is 0 Å². The van der Waals surface area contributed by atoms with Gasteiger partial charge in [-0.2, -0.15) is 5.26 Å². The van der Waals surface area contributed by atoms with Crippen LogP contribution in [0.15, 0.2) is 78.2 Å². The van der Waals surface area contributed by atoms with E-state index in [2.05, 4.69) is 19.9 Å². The molecule has 0 bridgehead atoms. The first-order chi connectivity index (χ1) is 17.9. The van der Waals surface area contributed by atoms with E-state index >= 15 is 0 Å². The first-order valence-electron chi connectivity index (χ1n) is 12.2. The van der Waals surface area contributed by atoms with Gasteiger partial charge in [-0.1, -0.05) is 44.2 Å². The van der Waals surface area contributed by atoms with Crippen molar-refractivity contribution in [2.24, 2.45) is 11.7 Å². The van der Waals surface area contributed by atoms with E-state index in [0.29, 0.717) is 35.3 Å². The van der Waals surface area contributed by atoms with Crippen molar-refractivity contribution in [1.82, 2.24) is 0 Å². The second kappa shape index (κ2) is 11.5. The van der Waals surface area contributed by atoms with Gasteiger partial charge in [0.2, 0.25) is 5.88 Å². The number of nitrogens with two attached hydrogens (primary N) is 1. The van der Waals surface area contributed by atoms with Gasteiger partial charge in [-0.3, -0.25) is 4.79 Å². The molecule has 4 rings (SSSR count). The minimum Gasteiger partial charge on any atom is -0.497 e. The molecule has 3 aromatic rings. The van der Waals surface area contributed by atoms with Crippen LogP contribution in [0.3, 0.4) is 0 Å². The largest absolute Gasteiger partial charge is 0.497 e. The van der Waals surface area contributed by atoms with Crippen molar-refractivity contribution in [3.8, 4) is 29.1 Å². The van der Waals surface area contributed by atoms with Crippen molar-refractivity contribution in [3.63, 3.8) is 0 Å². The number of hydrogen-bond donors (Lipinski definition) is 1. The van der Waals surface area contributed by atoms with Gasteiger partial charge in [-0.15, -0.1) is 0 Å². The van der Waals surface area contributed by atoms with E-state index in [0.717, 1.165) is 28.9 Å². The van der Waals surface area contributed by atoms with Gasteiger partial charge >= 0.3 is 5.97 Å². The Morgan fingerprint density at radius 3 is 2.51 bits per heavy atom. The number of ether oxygens (including phenoxy) is 4. The number of allylic oxidation sites excluding steroid dienone is 1. The van der Waals surface area contributed by atoms with Crippen LogP contribution in [0.25, 0.3) is 0 Å². The van der Waals surface area contributed by atoms with Crippen molar-refractivity contribution in [1.29, 1.82) is 5.26 Å². The zero-order valence-electron chi connectivity index (χ0n) is 21.2. The van der Waals surface area contributed by atoms with Crippen LogP contribution in [0.4, 0.5) is 0 Å². The lowest BCUT2D eigenvalue weighted by Gasteiger charge is -2.27. The molecule has 0 radical (unpaired) electrons. The topological polar surface area (TPSA) is 104 Å². The number of nitriles is 1. The highest BCUT2D eigenvalue weighted by Gasteiger charge is 2.31. The van der Waals surface area contributed by atoms with Crippen LogP contribution in [0, 0.1) is 17.2 Å². The first kappa shape index (κ1) is 25.6. The van der Waals surface area contributed by atoms with E-state index in [-0.39, 0.29) is 12.3 Å². The number of methoxy groups -OCH3 is 1. The first-order valence-corrected chi connectivity index (χ1v) is 12.2. The van der Waals surface area contributed by atoms with Gasteiger partial charge in [-0.25, -0.2) is 0 Å². The molecule has 1 aliphatic rings. The summed E-state index contributed by atoms with van der Waals surface area (Å²) in [4.78, 5) is 12.5. The van der Waals surface area contributed by atoms with Gasteiger partial charge in [0.1, 0.15) is 34.6 Å². The van der Waals surface area contributed by atoms with Gasteiger partial charge in [0, 0.05) is 11.6 Å². The molecule has 0 saturated carbocycles. The average molecular weight is 499 g/mol. The fourth-order valence-corrected chi connectivity index (χ4v) is 4.12. The molecule has 1 unspecified atom stereocenters. The Morgan fingerprint density at radius 1 is 1.05 bits per heavy atom. The monoisotopic (exact) mass is 498 g/mol. The standard InChI is InChI=1S/C30H30N2O5/c1-19(2)13-14-35-23-6-4-5-21(16-23)29-25-12-11-24(17-27(25)37-30(32)26(29)18-31)36-28(33)15-20-7-9-22(34-3)10-8-20/h4-12,16-17,19,29H,13-15,32H2,1-3H3. The zero-order chi connectivity index (χ0) is 26.4. The molecule has 2 N–H and O–H groups in total. The van der Waals surface area contributed by atoms with Crippen molar-refractivity contribution in [3.05, 3.63) is 94.9 Å². The Bertz CT molecular complexity index is 1340. The summed E-state index contributed by atoms with van der Waals surface area (Å²) in [6.45, 7) is 4.91. The molecule has 37 heavy (non-hydrogen) atoms. The van der Waals surface area contributed by atoms with E-state index in [1.54, 1.807) is 37.4 Å². The number of hydrogen-bond acceptors (Lipinski definition) is 7. The highest BCUT2D eigenvalue weighted by atomic mass is 16.5. The van der Waals surface area contributed by atoms with Gasteiger partial charge in [0.25, 0.3) is 0 Å². The number of carbonyl (C=O) groups is 1. The van der Waals surface area contributed by atoms with E-state index in [4.69, 9.17) is 24.7 Å². The molecule has 0 saturated heterocycles. The molecule has 3 aromatic carbocycles. The quantitative estimate of drug-likeness (QED) is 0.307. The molecule has 0 amide bonds. The van der Waals surface area contributed by atoms with Gasteiger partial charge < -0.3 is 24.7 Å².